The molecule has 23 heavy (non-hydrogen) atoms. The van der Waals surface area contributed by atoms with E-state index in [1.54, 1.807) is 0 Å². The number of fused-ring (bicyclic) bond motifs is 1. The normalized spacial score (nSPS) is 34.8. The van der Waals surface area contributed by atoms with Crippen molar-refractivity contribution in [1.82, 2.24) is 14.8 Å². The van der Waals surface area contributed by atoms with E-state index < -0.39 is 0 Å². The largest absolute Gasteiger partial charge is 0.391 e. The second-order valence-corrected chi connectivity index (χ2v) is 7.60. The summed E-state index contributed by atoms with van der Waals surface area (Å²) >= 11 is 0. The molecule has 1 aliphatic carbocycles. The molecule has 4 rings (SSSR count). The van der Waals surface area contributed by atoms with Crippen molar-refractivity contribution in [2.45, 2.75) is 44.8 Å². The zero-order chi connectivity index (χ0) is 16.0. The molecule has 4 atom stereocenters. The molecule has 1 aromatic rings. The number of aliphatic hydroxyl groups excluding tert-OH is 1. The quantitative estimate of drug-likeness (QED) is 0.871. The van der Waals surface area contributed by atoms with Crippen LogP contribution >= 0.6 is 0 Å². The Morgan fingerprint density at radius 3 is 2.57 bits per heavy atom. The lowest BCUT2D eigenvalue weighted by Gasteiger charge is -2.40. The highest BCUT2D eigenvalue weighted by atomic mass is 16.3. The lowest BCUT2D eigenvalue weighted by Crippen LogP contribution is -2.48. The van der Waals surface area contributed by atoms with Gasteiger partial charge in [0.2, 0.25) is 0 Å². The first-order valence-corrected chi connectivity index (χ1v) is 8.99. The maximum atomic E-state index is 12.7. The lowest BCUT2D eigenvalue weighted by atomic mass is 9.77. The molecule has 5 heteroatoms. The zero-order valence-corrected chi connectivity index (χ0v) is 13.9. The van der Waals surface area contributed by atoms with E-state index in [0.29, 0.717) is 17.9 Å². The minimum Gasteiger partial charge on any atom is -0.391 e. The molecule has 2 aliphatic heterocycles. The predicted molar refractivity (Wildman–Crippen MR) is 88.2 cm³/mol. The van der Waals surface area contributed by atoms with Gasteiger partial charge >= 0.3 is 0 Å². The highest BCUT2D eigenvalue weighted by Crippen LogP contribution is 2.39. The van der Waals surface area contributed by atoms with Crippen molar-refractivity contribution >= 4 is 5.91 Å². The molecule has 126 valence electrons. The first-order chi connectivity index (χ1) is 11.1. The summed E-state index contributed by atoms with van der Waals surface area (Å²) in [7, 11) is 0. The smallest absolute Gasteiger partial charge is 0.255 e. The topological polar surface area (TPSA) is 59.6 Å². The van der Waals surface area contributed by atoms with Crippen LogP contribution < -0.4 is 0 Å². The molecule has 3 fully saturated rings. The monoisotopic (exact) mass is 317 g/mol. The number of likely N-dealkylation sites (tertiary alicyclic amines) is 2. The van der Waals surface area contributed by atoms with E-state index >= 15 is 0 Å². The van der Waals surface area contributed by atoms with Crippen LogP contribution in [0.15, 0.2) is 12.3 Å². The molecule has 2 N–H and O–H groups in total. The van der Waals surface area contributed by atoms with E-state index in [2.05, 4.69) is 9.88 Å². The molecule has 3 heterocycles. The maximum Gasteiger partial charge on any atom is 0.255 e. The van der Waals surface area contributed by atoms with Crippen LogP contribution in [0.4, 0.5) is 0 Å². The number of aromatic nitrogens is 1. The highest BCUT2D eigenvalue weighted by Gasteiger charge is 2.45. The molecule has 0 bridgehead atoms. The Morgan fingerprint density at radius 2 is 1.91 bits per heavy atom. The number of hydrogen-bond acceptors (Lipinski definition) is 3. The van der Waals surface area contributed by atoms with Crippen LogP contribution in [-0.2, 0) is 0 Å². The second kappa shape index (κ2) is 5.95. The van der Waals surface area contributed by atoms with Gasteiger partial charge < -0.3 is 15.0 Å². The Bertz CT molecular complexity index is 579. The zero-order valence-electron chi connectivity index (χ0n) is 13.9. The van der Waals surface area contributed by atoms with E-state index in [9.17, 15) is 9.90 Å². The molecule has 1 aromatic heterocycles. The average Bonchev–Trinajstić information content (AvgIpc) is 3.25. The van der Waals surface area contributed by atoms with Crippen LogP contribution in [0.5, 0.6) is 0 Å². The van der Waals surface area contributed by atoms with Gasteiger partial charge in [0, 0.05) is 31.0 Å². The number of nitrogens with one attached hydrogen (secondary N) is 1. The second-order valence-electron chi connectivity index (χ2n) is 7.60. The number of rotatable bonds is 2. The van der Waals surface area contributed by atoms with Gasteiger partial charge in [-0.15, -0.1) is 0 Å². The standard InChI is InChI=1S/C18H27N3O2/c1-12-15(4-5-19-12)18(23)21-10-13-8-16(20-6-2-3-7-20)17(22)9-14(13)11-21/h4-5,13-14,16-17,19,22H,2-3,6-11H2,1H3/t13-,14+,16-,17-/m1/s1. The number of hydrogen-bond donors (Lipinski definition) is 2. The van der Waals surface area contributed by atoms with Crippen LogP contribution in [0, 0.1) is 18.8 Å². The average molecular weight is 317 g/mol. The van der Waals surface area contributed by atoms with Gasteiger partial charge in [0.05, 0.1) is 11.7 Å². The van der Waals surface area contributed by atoms with Gasteiger partial charge in [-0.05, 0) is 63.6 Å². The molecule has 0 aromatic carbocycles. The Balaban J connectivity index is 1.45. The molecule has 3 aliphatic rings. The predicted octanol–water partition coefficient (Wildman–Crippen LogP) is 1.63. The third-order valence-electron chi connectivity index (χ3n) is 6.19. The first kappa shape index (κ1) is 15.2. The van der Waals surface area contributed by atoms with Gasteiger partial charge in [-0.2, -0.15) is 0 Å². The van der Waals surface area contributed by atoms with E-state index in [-0.39, 0.29) is 12.0 Å². The van der Waals surface area contributed by atoms with Crippen molar-refractivity contribution in [2.24, 2.45) is 11.8 Å². The molecule has 0 radical (unpaired) electrons. The van der Waals surface area contributed by atoms with Gasteiger partial charge in [-0.25, -0.2) is 0 Å². The summed E-state index contributed by atoms with van der Waals surface area (Å²) < 4.78 is 0. The van der Waals surface area contributed by atoms with Gasteiger partial charge in [0.1, 0.15) is 0 Å². The van der Waals surface area contributed by atoms with Crippen molar-refractivity contribution in [1.29, 1.82) is 0 Å². The number of nitrogens with zero attached hydrogens (tertiary/aromatic N) is 2. The Kier molecular flexibility index (Phi) is 3.93. The van der Waals surface area contributed by atoms with Crippen LogP contribution in [0.2, 0.25) is 0 Å². The number of carbonyl (C=O) groups excluding carboxylic acids is 1. The fourth-order valence-corrected chi connectivity index (χ4v) is 4.89. The van der Waals surface area contributed by atoms with Crippen LogP contribution in [0.25, 0.3) is 0 Å². The Hall–Kier alpha value is -1.33. The number of aryl methyl sites for hydroxylation is 1. The summed E-state index contributed by atoms with van der Waals surface area (Å²) in [5, 5.41) is 10.6. The van der Waals surface area contributed by atoms with Crippen molar-refractivity contribution in [3.8, 4) is 0 Å². The van der Waals surface area contributed by atoms with E-state index in [0.717, 1.165) is 50.3 Å². The number of amides is 1. The molecule has 2 saturated heterocycles. The summed E-state index contributed by atoms with van der Waals surface area (Å²) in [6, 6.07) is 2.18. The van der Waals surface area contributed by atoms with Gasteiger partial charge in [0.15, 0.2) is 0 Å². The summed E-state index contributed by atoms with van der Waals surface area (Å²) in [6.45, 7) is 5.86. The molecular weight excluding hydrogens is 290 g/mol. The minimum atomic E-state index is -0.224. The minimum absolute atomic E-state index is 0.144. The number of aliphatic hydroxyl groups is 1. The lowest BCUT2D eigenvalue weighted by molar-refractivity contribution is -0.000864. The van der Waals surface area contributed by atoms with Crippen molar-refractivity contribution in [3.63, 3.8) is 0 Å². The van der Waals surface area contributed by atoms with Crippen molar-refractivity contribution in [3.05, 3.63) is 23.5 Å². The molecule has 1 saturated carbocycles. The SMILES string of the molecule is Cc1[nH]ccc1C(=O)N1C[C@H]2C[C@@H](N3CCCC3)[C@H](O)C[C@H]2C1. The number of H-pyrrole nitrogens is 1. The molecule has 0 unspecified atom stereocenters. The van der Waals surface area contributed by atoms with Gasteiger partial charge in [-0.3, -0.25) is 9.69 Å². The van der Waals surface area contributed by atoms with Crippen molar-refractivity contribution < 1.29 is 9.90 Å². The third kappa shape index (κ3) is 2.70. The fourth-order valence-electron chi connectivity index (χ4n) is 4.89. The van der Waals surface area contributed by atoms with Crippen LogP contribution in [-0.4, -0.2) is 64.1 Å². The number of aromatic amines is 1. The van der Waals surface area contributed by atoms with Gasteiger partial charge in [0.25, 0.3) is 5.91 Å². The van der Waals surface area contributed by atoms with E-state index in [1.165, 1.54) is 12.8 Å². The van der Waals surface area contributed by atoms with Crippen LogP contribution in [0.1, 0.15) is 41.7 Å². The van der Waals surface area contributed by atoms with Crippen LogP contribution in [0.3, 0.4) is 0 Å². The number of carbonyl (C=O) groups is 1. The third-order valence-corrected chi connectivity index (χ3v) is 6.19. The Morgan fingerprint density at radius 1 is 1.22 bits per heavy atom. The highest BCUT2D eigenvalue weighted by molar-refractivity contribution is 5.95. The molecular formula is C18H27N3O2. The Labute approximate surface area is 137 Å². The molecule has 5 nitrogen and oxygen atoms in total. The van der Waals surface area contributed by atoms with Gasteiger partial charge in [-0.1, -0.05) is 0 Å². The fraction of sp³-hybridized carbons (Fsp3) is 0.722. The maximum absolute atomic E-state index is 12.7. The molecule has 1 amide bonds. The van der Waals surface area contributed by atoms with Crippen molar-refractivity contribution in [2.75, 3.05) is 26.2 Å². The van der Waals surface area contributed by atoms with E-state index in [1.807, 2.05) is 24.1 Å². The molecule has 0 spiro atoms. The first-order valence-electron chi connectivity index (χ1n) is 8.99. The summed E-state index contributed by atoms with van der Waals surface area (Å²) in [6.07, 6.45) is 6.02. The summed E-state index contributed by atoms with van der Waals surface area (Å²) in [5.41, 5.74) is 1.74. The summed E-state index contributed by atoms with van der Waals surface area (Å²) in [5.74, 6) is 1.16. The summed E-state index contributed by atoms with van der Waals surface area (Å²) in [4.78, 5) is 20.3. The van der Waals surface area contributed by atoms with E-state index in [4.69, 9.17) is 0 Å².